The highest BCUT2D eigenvalue weighted by atomic mass is 32.2. The predicted molar refractivity (Wildman–Crippen MR) is 76.4 cm³/mol. The van der Waals surface area contributed by atoms with Crippen LogP contribution in [-0.4, -0.2) is 15.0 Å². The summed E-state index contributed by atoms with van der Waals surface area (Å²) < 4.78 is 39.5. The Morgan fingerprint density at radius 1 is 1.10 bits per heavy atom. The second-order valence-corrected chi connectivity index (χ2v) is 6.12. The molecule has 2 rings (SSSR count). The number of halogens is 1. The van der Waals surface area contributed by atoms with Crippen LogP contribution in [0.25, 0.3) is 0 Å². The van der Waals surface area contributed by atoms with Gasteiger partial charge in [-0.15, -0.1) is 0 Å². The van der Waals surface area contributed by atoms with Crippen molar-refractivity contribution in [2.45, 2.75) is 11.3 Å². The number of benzene rings is 2. The van der Waals surface area contributed by atoms with Crippen LogP contribution in [0.15, 0.2) is 53.4 Å². The van der Waals surface area contributed by atoms with Crippen molar-refractivity contribution < 1.29 is 12.8 Å². The first-order valence-corrected chi connectivity index (χ1v) is 7.74. The standard InChI is InChI=1S/C15H13FN2O2S/c16-14-7-5-12(6-8-14)9-10-18-21(19,20)15-4-2-1-3-13(15)11-17/h1-8,18H,9-10H2. The minimum atomic E-state index is -3.73. The van der Waals surface area contributed by atoms with Crippen molar-refractivity contribution in [1.29, 1.82) is 5.26 Å². The number of rotatable bonds is 5. The van der Waals surface area contributed by atoms with Crippen molar-refractivity contribution in [3.05, 3.63) is 65.5 Å². The Balaban J connectivity index is 2.05. The van der Waals surface area contributed by atoms with Crippen molar-refractivity contribution in [1.82, 2.24) is 4.72 Å². The molecule has 2 aromatic carbocycles. The zero-order valence-corrected chi connectivity index (χ0v) is 11.9. The first-order valence-electron chi connectivity index (χ1n) is 6.26. The minimum Gasteiger partial charge on any atom is -0.211 e. The van der Waals surface area contributed by atoms with Crippen LogP contribution < -0.4 is 4.72 Å². The molecule has 0 aliphatic heterocycles. The molecule has 0 aliphatic carbocycles. The third-order valence-corrected chi connectivity index (χ3v) is 4.44. The summed E-state index contributed by atoms with van der Waals surface area (Å²) in [5, 5.41) is 8.93. The van der Waals surface area contributed by atoms with Crippen LogP contribution in [0.1, 0.15) is 11.1 Å². The highest BCUT2D eigenvalue weighted by Crippen LogP contribution is 2.14. The van der Waals surface area contributed by atoms with Gasteiger partial charge in [-0.2, -0.15) is 5.26 Å². The quantitative estimate of drug-likeness (QED) is 0.920. The van der Waals surface area contributed by atoms with Crippen LogP contribution in [0.3, 0.4) is 0 Å². The summed E-state index contributed by atoms with van der Waals surface area (Å²) in [5.74, 6) is -0.331. The molecule has 21 heavy (non-hydrogen) atoms. The lowest BCUT2D eigenvalue weighted by molar-refractivity contribution is 0.581. The highest BCUT2D eigenvalue weighted by molar-refractivity contribution is 7.89. The Bertz CT molecular complexity index is 765. The number of nitrogens with zero attached hydrogens (tertiary/aromatic N) is 1. The topological polar surface area (TPSA) is 70.0 Å². The molecule has 0 saturated carbocycles. The van der Waals surface area contributed by atoms with Crippen LogP contribution in [-0.2, 0) is 16.4 Å². The molecule has 0 aromatic heterocycles. The molecule has 0 aliphatic rings. The average molecular weight is 304 g/mol. The van der Waals surface area contributed by atoms with Gasteiger partial charge < -0.3 is 0 Å². The Labute approximate surface area is 122 Å². The fraction of sp³-hybridized carbons (Fsp3) is 0.133. The molecule has 0 radical (unpaired) electrons. The largest absolute Gasteiger partial charge is 0.241 e. The summed E-state index contributed by atoms with van der Waals surface area (Å²) in [6.45, 7) is 0.174. The van der Waals surface area contributed by atoms with E-state index in [1.807, 2.05) is 6.07 Å². The van der Waals surface area contributed by atoms with Gasteiger partial charge in [0.05, 0.1) is 10.5 Å². The summed E-state index contributed by atoms with van der Waals surface area (Å²) in [7, 11) is -3.73. The van der Waals surface area contributed by atoms with Crippen molar-refractivity contribution >= 4 is 10.0 Å². The van der Waals surface area contributed by atoms with Gasteiger partial charge in [-0.05, 0) is 36.2 Å². The van der Waals surface area contributed by atoms with E-state index in [1.54, 1.807) is 24.3 Å². The van der Waals surface area contributed by atoms with Crippen LogP contribution >= 0.6 is 0 Å². The van der Waals surface area contributed by atoms with Crippen LogP contribution in [0.2, 0.25) is 0 Å². The SMILES string of the molecule is N#Cc1ccccc1S(=O)(=O)NCCc1ccc(F)cc1. The number of nitrogens with one attached hydrogen (secondary N) is 1. The summed E-state index contributed by atoms with van der Waals surface area (Å²) in [4.78, 5) is -0.0355. The lowest BCUT2D eigenvalue weighted by Crippen LogP contribution is -2.26. The van der Waals surface area contributed by atoms with E-state index in [0.29, 0.717) is 6.42 Å². The Kier molecular flexibility index (Phi) is 4.68. The molecular formula is C15H13FN2O2S. The normalized spacial score (nSPS) is 11.0. The van der Waals surface area contributed by atoms with E-state index in [4.69, 9.17) is 5.26 Å². The molecule has 0 fully saturated rings. The lowest BCUT2D eigenvalue weighted by Gasteiger charge is -2.08. The van der Waals surface area contributed by atoms with Crippen molar-refractivity contribution in [2.75, 3.05) is 6.54 Å². The number of sulfonamides is 1. The van der Waals surface area contributed by atoms with E-state index in [-0.39, 0.29) is 22.8 Å². The molecule has 0 saturated heterocycles. The Hall–Kier alpha value is -2.23. The zero-order chi connectivity index (χ0) is 15.3. The Morgan fingerprint density at radius 2 is 1.76 bits per heavy atom. The van der Waals surface area contributed by atoms with Gasteiger partial charge in [-0.25, -0.2) is 17.5 Å². The van der Waals surface area contributed by atoms with Gasteiger partial charge in [0.15, 0.2) is 0 Å². The van der Waals surface area contributed by atoms with E-state index >= 15 is 0 Å². The van der Waals surface area contributed by atoms with Crippen LogP contribution in [0, 0.1) is 17.1 Å². The minimum absolute atomic E-state index is 0.0355. The van der Waals surface area contributed by atoms with Gasteiger partial charge in [0.2, 0.25) is 10.0 Å². The molecule has 0 heterocycles. The van der Waals surface area contributed by atoms with Crippen molar-refractivity contribution in [3.8, 4) is 6.07 Å². The van der Waals surface area contributed by atoms with Gasteiger partial charge in [-0.1, -0.05) is 24.3 Å². The molecule has 0 amide bonds. The van der Waals surface area contributed by atoms with Crippen LogP contribution in [0.4, 0.5) is 4.39 Å². The Morgan fingerprint density at radius 3 is 2.43 bits per heavy atom. The molecular weight excluding hydrogens is 291 g/mol. The smallest absolute Gasteiger partial charge is 0.211 e. The number of hydrogen-bond donors (Lipinski definition) is 1. The van der Waals surface area contributed by atoms with E-state index in [9.17, 15) is 12.8 Å². The molecule has 0 unspecified atom stereocenters. The summed E-state index contributed by atoms with van der Waals surface area (Å²) >= 11 is 0. The molecule has 1 N–H and O–H groups in total. The van der Waals surface area contributed by atoms with E-state index in [2.05, 4.69) is 4.72 Å². The van der Waals surface area contributed by atoms with Gasteiger partial charge in [0.1, 0.15) is 11.9 Å². The van der Waals surface area contributed by atoms with E-state index in [0.717, 1.165) is 5.56 Å². The molecule has 0 atom stereocenters. The monoisotopic (exact) mass is 304 g/mol. The van der Waals surface area contributed by atoms with Crippen molar-refractivity contribution in [3.63, 3.8) is 0 Å². The average Bonchev–Trinajstić information content (AvgIpc) is 2.49. The summed E-state index contributed by atoms with van der Waals surface area (Å²) in [6, 6.07) is 13.7. The van der Waals surface area contributed by atoms with Gasteiger partial charge in [-0.3, -0.25) is 0 Å². The second kappa shape index (κ2) is 6.48. The number of nitriles is 1. The first kappa shape index (κ1) is 15.2. The fourth-order valence-corrected chi connectivity index (χ4v) is 3.04. The first-order chi connectivity index (χ1) is 10.0. The van der Waals surface area contributed by atoms with Crippen LogP contribution in [0.5, 0.6) is 0 Å². The third kappa shape index (κ3) is 3.88. The highest BCUT2D eigenvalue weighted by Gasteiger charge is 2.17. The maximum absolute atomic E-state index is 12.8. The van der Waals surface area contributed by atoms with Gasteiger partial charge in [0, 0.05) is 6.54 Å². The predicted octanol–water partition coefficient (Wildman–Crippen LogP) is 2.22. The van der Waals surface area contributed by atoms with Gasteiger partial charge >= 0.3 is 0 Å². The van der Waals surface area contributed by atoms with Gasteiger partial charge in [0.25, 0.3) is 0 Å². The lowest BCUT2D eigenvalue weighted by atomic mass is 10.1. The zero-order valence-electron chi connectivity index (χ0n) is 11.1. The summed E-state index contributed by atoms with van der Waals surface area (Å²) in [5.41, 5.74) is 0.930. The molecule has 0 bridgehead atoms. The molecule has 108 valence electrons. The fourth-order valence-electron chi connectivity index (χ4n) is 1.85. The molecule has 4 nitrogen and oxygen atoms in total. The summed E-state index contributed by atoms with van der Waals surface area (Å²) in [6.07, 6.45) is 0.439. The maximum Gasteiger partial charge on any atom is 0.241 e. The second-order valence-electron chi connectivity index (χ2n) is 4.38. The van der Waals surface area contributed by atoms with E-state index in [1.165, 1.54) is 24.3 Å². The van der Waals surface area contributed by atoms with Crippen molar-refractivity contribution in [2.24, 2.45) is 0 Å². The van der Waals surface area contributed by atoms with E-state index < -0.39 is 10.0 Å². The molecule has 6 heteroatoms. The molecule has 2 aromatic rings. The molecule has 0 spiro atoms. The maximum atomic E-state index is 12.8. The number of hydrogen-bond acceptors (Lipinski definition) is 3. The third-order valence-electron chi connectivity index (χ3n) is 2.92.